The highest BCUT2D eigenvalue weighted by molar-refractivity contribution is 4.91. The summed E-state index contributed by atoms with van der Waals surface area (Å²) in [7, 11) is 1.71. The Labute approximate surface area is 118 Å². The van der Waals surface area contributed by atoms with Crippen molar-refractivity contribution in [2.24, 2.45) is 0 Å². The molecule has 0 radical (unpaired) electrons. The van der Waals surface area contributed by atoms with Crippen molar-refractivity contribution in [1.29, 1.82) is 0 Å². The average molecular weight is 272 g/mol. The Morgan fingerprint density at radius 2 is 2.00 bits per heavy atom. The number of hydrogen-bond acceptors (Lipinski definition) is 4. The Morgan fingerprint density at radius 3 is 2.68 bits per heavy atom. The fraction of sp³-hybridized carbons (Fsp3) is 1.00. The van der Waals surface area contributed by atoms with E-state index in [0.29, 0.717) is 12.6 Å². The summed E-state index contributed by atoms with van der Waals surface area (Å²) in [5.74, 6) is 0. The van der Waals surface area contributed by atoms with Crippen molar-refractivity contribution in [3.05, 3.63) is 0 Å². The molecule has 1 atom stereocenters. The standard InChI is InChI=1S/C15H32N2O2/c1-5-14-12-16-15(2,3)13-17(14)8-6-7-9-19-11-10-18-4/h14,16H,5-13H2,1-4H3. The molecule has 1 N–H and O–H groups in total. The van der Waals surface area contributed by atoms with E-state index < -0.39 is 0 Å². The second-order valence-electron chi connectivity index (χ2n) is 6.11. The molecule has 4 heteroatoms. The van der Waals surface area contributed by atoms with Crippen molar-refractivity contribution in [1.82, 2.24) is 10.2 Å². The van der Waals surface area contributed by atoms with Crippen molar-refractivity contribution >= 4 is 0 Å². The van der Waals surface area contributed by atoms with Crippen LogP contribution in [0.5, 0.6) is 0 Å². The minimum absolute atomic E-state index is 0.251. The Hall–Kier alpha value is -0.160. The van der Waals surface area contributed by atoms with Crippen LogP contribution in [0.2, 0.25) is 0 Å². The molecule has 1 aliphatic rings. The number of nitrogens with zero attached hydrogens (tertiary/aromatic N) is 1. The summed E-state index contributed by atoms with van der Waals surface area (Å²) in [6.07, 6.45) is 3.59. The summed E-state index contributed by atoms with van der Waals surface area (Å²) < 4.78 is 10.5. The van der Waals surface area contributed by atoms with Gasteiger partial charge in [-0.1, -0.05) is 6.92 Å². The SMILES string of the molecule is CCC1CNC(C)(C)CN1CCCCOCCOC. The van der Waals surface area contributed by atoms with Gasteiger partial charge in [-0.25, -0.2) is 0 Å². The van der Waals surface area contributed by atoms with Gasteiger partial charge in [0.05, 0.1) is 13.2 Å². The maximum Gasteiger partial charge on any atom is 0.0700 e. The molecule has 19 heavy (non-hydrogen) atoms. The first-order chi connectivity index (χ1) is 9.09. The van der Waals surface area contributed by atoms with Gasteiger partial charge in [0.25, 0.3) is 0 Å². The Kier molecular flexibility index (Phi) is 7.91. The summed E-state index contributed by atoms with van der Waals surface area (Å²) >= 11 is 0. The van der Waals surface area contributed by atoms with Crippen LogP contribution in [0.15, 0.2) is 0 Å². The zero-order valence-electron chi connectivity index (χ0n) is 13.2. The Balaban J connectivity index is 2.15. The van der Waals surface area contributed by atoms with E-state index in [1.165, 1.54) is 19.4 Å². The molecule has 0 aromatic heterocycles. The average Bonchev–Trinajstić information content (AvgIpc) is 2.37. The first-order valence-corrected chi connectivity index (χ1v) is 7.65. The molecular weight excluding hydrogens is 240 g/mol. The van der Waals surface area contributed by atoms with Crippen LogP contribution in [-0.4, -0.2) is 63.0 Å². The number of unbranched alkanes of at least 4 members (excludes halogenated alkanes) is 1. The number of hydrogen-bond donors (Lipinski definition) is 1. The van der Waals surface area contributed by atoms with E-state index in [9.17, 15) is 0 Å². The third-order valence-electron chi connectivity index (χ3n) is 3.82. The summed E-state index contributed by atoms with van der Waals surface area (Å²) in [6, 6.07) is 0.697. The highest BCUT2D eigenvalue weighted by Crippen LogP contribution is 2.17. The predicted octanol–water partition coefficient (Wildman–Crippen LogP) is 1.89. The smallest absolute Gasteiger partial charge is 0.0700 e. The molecular formula is C15H32N2O2. The lowest BCUT2D eigenvalue weighted by molar-refractivity contribution is 0.0617. The first kappa shape index (κ1) is 16.9. The van der Waals surface area contributed by atoms with Gasteiger partial charge in [0.2, 0.25) is 0 Å². The monoisotopic (exact) mass is 272 g/mol. The first-order valence-electron chi connectivity index (χ1n) is 7.65. The fourth-order valence-electron chi connectivity index (χ4n) is 2.64. The van der Waals surface area contributed by atoms with Gasteiger partial charge in [-0.2, -0.15) is 0 Å². The molecule has 1 saturated heterocycles. The molecule has 0 saturated carbocycles. The number of methoxy groups -OCH3 is 1. The summed E-state index contributed by atoms with van der Waals surface area (Å²) in [4.78, 5) is 2.64. The molecule has 114 valence electrons. The molecule has 0 spiro atoms. The van der Waals surface area contributed by atoms with Crippen molar-refractivity contribution < 1.29 is 9.47 Å². The van der Waals surface area contributed by atoms with Gasteiger partial charge in [0, 0.05) is 38.4 Å². The second-order valence-corrected chi connectivity index (χ2v) is 6.11. The van der Waals surface area contributed by atoms with Crippen LogP contribution in [-0.2, 0) is 9.47 Å². The zero-order chi connectivity index (χ0) is 14.1. The van der Waals surface area contributed by atoms with Gasteiger partial charge in [-0.3, -0.25) is 4.90 Å². The Morgan fingerprint density at radius 1 is 1.21 bits per heavy atom. The zero-order valence-corrected chi connectivity index (χ0v) is 13.2. The van der Waals surface area contributed by atoms with Crippen LogP contribution in [0.4, 0.5) is 0 Å². The normalized spacial score (nSPS) is 23.7. The number of piperazine rings is 1. The minimum atomic E-state index is 0.251. The lowest BCUT2D eigenvalue weighted by Crippen LogP contribution is -2.61. The van der Waals surface area contributed by atoms with E-state index in [0.717, 1.165) is 32.7 Å². The number of rotatable bonds is 9. The van der Waals surface area contributed by atoms with Gasteiger partial charge in [0.1, 0.15) is 0 Å². The number of ether oxygens (including phenoxy) is 2. The quantitative estimate of drug-likeness (QED) is 0.650. The van der Waals surface area contributed by atoms with Crippen molar-refractivity contribution in [3.63, 3.8) is 0 Å². The molecule has 1 rings (SSSR count). The molecule has 0 aromatic carbocycles. The topological polar surface area (TPSA) is 33.7 Å². The third kappa shape index (κ3) is 6.70. The van der Waals surface area contributed by atoms with Crippen LogP contribution in [0.3, 0.4) is 0 Å². The van der Waals surface area contributed by atoms with Crippen molar-refractivity contribution in [2.75, 3.05) is 46.6 Å². The van der Waals surface area contributed by atoms with Gasteiger partial charge in [-0.05, 0) is 39.7 Å². The van der Waals surface area contributed by atoms with E-state index in [2.05, 4.69) is 31.0 Å². The van der Waals surface area contributed by atoms with Crippen LogP contribution >= 0.6 is 0 Å². The molecule has 1 heterocycles. The molecule has 1 aliphatic heterocycles. The van der Waals surface area contributed by atoms with E-state index in [1.54, 1.807) is 7.11 Å². The van der Waals surface area contributed by atoms with Crippen LogP contribution in [0.1, 0.15) is 40.0 Å². The summed E-state index contributed by atoms with van der Waals surface area (Å²) in [5.41, 5.74) is 0.251. The molecule has 4 nitrogen and oxygen atoms in total. The molecule has 0 aliphatic carbocycles. The molecule has 0 amide bonds. The van der Waals surface area contributed by atoms with Gasteiger partial charge >= 0.3 is 0 Å². The van der Waals surface area contributed by atoms with E-state index >= 15 is 0 Å². The van der Waals surface area contributed by atoms with E-state index in [-0.39, 0.29) is 5.54 Å². The molecule has 0 bridgehead atoms. The largest absolute Gasteiger partial charge is 0.382 e. The van der Waals surface area contributed by atoms with Gasteiger partial charge in [0.15, 0.2) is 0 Å². The molecule has 0 aromatic rings. The second kappa shape index (κ2) is 8.90. The lowest BCUT2D eigenvalue weighted by atomic mass is 9.97. The lowest BCUT2D eigenvalue weighted by Gasteiger charge is -2.44. The fourth-order valence-corrected chi connectivity index (χ4v) is 2.64. The van der Waals surface area contributed by atoms with Gasteiger partial charge < -0.3 is 14.8 Å². The van der Waals surface area contributed by atoms with Crippen LogP contribution < -0.4 is 5.32 Å². The molecule has 1 fully saturated rings. The van der Waals surface area contributed by atoms with Crippen LogP contribution in [0, 0.1) is 0 Å². The maximum absolute atomic E-state index is 5.50. The highest BCUT2D eigenvalue weighted by atomic mass is 16.5. The highest BCUT2D eigenvalue weighted by Gasteiger charge is 2.30. The summed E-state index contributed by atoms with van der Waals surface area (Å²) in [6.45, 7) is 12.6. The van der Waals surface area contributed by atoms with Crippen molar-refractivity contribution in [3.8, 4) is 0 Å². The molecule has 1 unspecified atom stereocenters. The van der Waals surface area contributed by atoms with E-state index in [4.69, 9.17) is 9.47 Å². The van der Waals surface area contributed by atoms with E-state index in [1.807, 2.05) is 0 Å². The van der Waals surface area contributed by atoms with Gasteiger partial charge in [-0.15, -0.1) is 0 Å². The van der Waals surface area contributed by atoms with Crippen molar-refractivity contribution in [2.45, 2.75) is 51.6 Å². The summed E-state index contributed by atoms with van der Waals surface area (Å²) in [5, 5.41) is 3.63. The third-order valence-corrected chi connectivity index (χ3v) is 3.82. The maximum atomic E-state index is 5.50. The predicted molar refractivity (Wildman–Crippen MR) is 79.7 cm³/mol. The van der Waals surface area contributed by atoms with Crippen LogP contribution in [0.25, 0.3) is 0 Å². The number of nitrogens with one attached hydrogen (secondary N) is 1. The minimum Gasteiger partial charge on any atom is -0.382 e. The Bertz CT molecular complexity index is 234.